The number of hydrogen-bond acceptors (Lipinski definition) is 5. The molecule has 0 spiro atoms. The maximum Gasteiger partial charge on any atom is 0.281 e. The Bertz CT molecular complexity index is 734. The van der Waals surface area contributed by atoms with Gasteiger partial charge in [-0.15, -0.1) is 0 Å². The van der Waals surface area contributed by atoms with Gasteiger partial charge in [-0.2, -0.15) is 8.42 Å². The van der Waals surface area contributed by atoms with Crippen molar-refractivity contribution in [1.82, 2.24) is 4.98 Å². The van der Waals surface area contributed by atoms with Gasteiger partial charge in [-0.3, -0.25) is 10.6 Å². The van der Waals surface area contributed by atoms with Crippen LogP contribution < -0.4 is 16.0 Å². The Hall–Kier alpha value is -1.39. The van der Waals surface area contributed by atoms with Gasteiger partial charge in [0.05, 0.1) is 11.4 Å². The molecule has 0 aliphatic carbocycles. The van der Waals surface area contributed by atoms with Crippen LogP contribution in [0.5, 0.6) is 0 Å². The van der Waals surface area contributed by atoms with E-state index in [-0.39, 0.29) is 10.7 Å². The Morgan fingerprint density at radius 2 is 2.00 bits per heavy atom. The highest BCUT2D eigenvalue weighted by atomic mass is 127. The van der Waals surface area contributed by atoms with E-state index in [9.17, 15) is 8.42 Å². The molecule has 4 N–H and O–H groups in total. The minimum absolute atomic E-state index is 0.138. The van der Waals surface area contributed by atoms with Crippen LogP contribution in [0.3, 0.4) is 0 Å². The Kier molecular flexibility index (Phi) is 4.45. The number of benzene rings is 1. The molecule has 0 saturated carbocycles. The average molecular weight is 404 g/mol. The summed E-state index contributed by atoms with van der Waals surface area (Å²) < 4.78 is 28.2. The monoisotopic (exact) mass is 404 g/mol. The molecular formula is C12H13IN4O2S. The first-order valence-corrected chi connectivity index (χ1v) is 8.21. The number of sulfonamides is 1. The van der Waals surface area contributed by atoms with Crippen LogP contribution in [0.4, 0.5) is 11.4 Å². The molecule has 106 valence electrons. The molecule has 6 nitrogen and oxygen atoms in total. The summed E-state index contributed by atoms with van der Waals surface area (Å²) in [5.41, 5.74) is 3.91. The van der Waals surface area contributed by atoms with Crippen molar-refractivity contribution < 1.29 is 8.42 Å². The lowest BCUT2D eigenvalue weighted by Crippen LogP contribution is -2.19. The molecule has 20 heavy (non-hydrogen) atoms. The van der Waals surface area contributed by atoms with Crippen molar-refractivity contribution in [2.45, 2.75) is 11.9 Å². The second-order valence-electron chi connectivity index (χ2n) is 4.07. The third-order valence-corrected chi connectivity index (χ3v) is 4.62. The van der Waals surface area contributed by atoms with Crippen LogP contribution in [0.25, 0.3) is 0 Å². The number of aromatic nitrogens is 1. The highest BCUT2D eigenvalue weighted by molar-refractivity contribution is 14.1. The van der Waals surface area contributed by atoms with Gasteiger partial charge in [0.25, 0.3) is 10.0 Å². The van der Waals surface area contributed by atoms with Gasteiger partial charge >= 0.3 is 0 Å². The van der Waals surface area contributed by atoms with E-state index in [1.165, 1.54) is 6.20 Å². The van der Waals surface area contributed by atoms with Crippen molar-refractivity contribution in [3.63, 3.8) is 0 Å². The van der Waals surface area contributed by atoms with Crippen molar-refractivity contribution >= 4 is 44.0 Å². The van der Waals surface area contributed by atoms with E-state index >= 15 is 0 Å². The molecule has 2 rings (SSSR count). The molecule has 0 saturated heterocycles. The number of nitrogens with zero attached hydrogens (tertiary/aromatic N) is 1. The smallest absolute Gasteiger partial charge is 0.281 e. The fourth-order valence-corrected chi connectivity index (χ4v) is 3.33. The maximum atomic E-state index is 12.4. The van der Waals surface area contributed by atoms with Crippen LogP contribution in [0.1, 0.15) is 5.56 Å². The molecule has 0 fully saturated rings. The number of nitrogens with one attached hydrogen (secondary N) is 2. The molecule has 0 aliphatic heterocycles. The van der Waals surface area contributed by atoms with Crippen LogP contribution in [0, 0.1) is 10.5 Å². The van der Waals surface area contributed by atoms with Gasteiger partial charge in [0.1, 0.15) is 0 Å². The molecule has 1 aromatic heterocycles. The predicted octanol–water partition coefficient (Wildman–Crippen LogP) is 2.08. The summed E-state index contributed by atoms with van der Waals surface area (Å²) in [7, 11) is -3.80. The van der Waals surface area contributed by atoms with Gasteiger partial charge in [0.15, 0.2) is 0 Å². The van der Waals surface area contributed by atoms with E-state index in [0.29, 0.717) is 5.69 Å². The molecular weight excluding hydrogens is 391 g/mol. The Labute approximate surface area is 131 Å². The number of anilines is 2. The molecule has 0 bridgehead atoms. The number of pyridine rings is 1. The number of aryl methyl sites for hydroxylation is 1. The zero-order valence-corrected chi connectivity index (χ0v) is 13.6. The summed E-state index contributed by atoms with van der Waals surface area (Å²) in [5, 5.41) is -0.138. The summed E-state index contributed by atoms with van der Waals surface area (Å²) in [4.78, 5) is 3.87. The normalized spacial score (nSPS) is 11.2. The number of hydrogen-bond donors (Lipinski definition) is 3. The highest BCUT2D eigenvalue weighted by Gasteiger charge is 2.20. The molecule has 2 aromatic rings. The Morgan fingerprint density at radius 1 is 1.25 bits per heavy atom. The number of halogens is 1. The van der Waals surface area contributed by atoms with Crippen LogP contribution in [-0.4, -0.2) is 13.4 Å². The fraction of sp³-hybridized carbons (Fsp3) is 0.0833. The van der Waals surface area contributed by atoms with Crippen LogP contribution in [0.2, 0.25) is 0 Å². The standard InChI is InChI=1S/C12H13IN4O2S/c1-8-4-5-9(13)7-11(8)17-20(18,19)12-10(16-14)3-2-6-15-12/h2-7,16-17H,14H2,1H3. The third-order valence-electron chi connectivity index (χ3n) is 2.63. The van der Waals surface area contributed by atoms with Gasteiger partial charge < -0.3 is 5.43 Å². The summed E-state index contributed by atoms with van der Waals surface area (Å²) in [6.45, 7) is 1.83. The molecule has 0 radical (unpaired) electrons. The molecule has 8 heteroatoms. The van der Waals surface area contributed by atoms with E-state index in [4.69, 9.17) is 5.84 Å². The van der Waals surface area contributed by atoms with Crippen molar-refractivity contribution in [3.8, 4) is 0 Å². The van der Waals surface area contributed by atoms with Crippen molar-refractivity contribution in [2.75, 3.05) is 10.1 Å². The van der Waals surface area contributed by atoms with Crippen molar-refractivity contribution in [1.29, 1.82) is 0 Å². The van der Waals surface area contributed by atoms with Crippen LogP contribution in [0.15, 0.2) is 41.6 Å². The van der Waals surface area contributed by atoms with Gasteiger partial charge in [-0.25, -0.2) is 4.98 Å². The van der Waals surface area contributed by atoms with E-state index in [1.807, 2.05) is 19.1 Å². The summed E-state index contributed by atoms with van der Waals surface area (Å²) >= 11 is 2.12. The minimum atomic E-state index is -3.80. The second kappa shape index (κ2) is 5.94. The van der Waals surface area contributed by atoms with E-state index in [2.05, 4.69) is 37.7 Å². The molecule has 0 atom stereocenters. The minimum Gasteiger partial charge on any atom is -0.321 e. The SMILES string of the molecule is Cc1ccc(I)cc1NS(=O)(=O)c1ncccc1NN. The summed E-state index contributed by atoms with van der Waals surface area (Å²) in [5.74, 6) is 5.31. The molecule has 0 amide bonds. The Morgan fingerprint density at radius 3 is 2.70 bits per heavy atom. The predicted molar refractivity (Wildman–Crippen MR) is 86.8 cm³/mol. The largest absolute Gasteiger partial charge is 0.321 e. The lowest BCUT2D eigenvalue weighted by molar-refractivity contribution is 0.598. The first kappa shape index (κ1) is 15.0. The average Bonchev–Trinajstić information content (AvgIpc) is 2.42. The van der Waals surface area contributed by atoms with Crippen molar-refractivity contribution in [2.24, 2.45) is 5.84 Å². The van der Waals surface area contributed by atoms with Gasteiger partial charge in [0.2, 0.25) is 5.03 Å². The van der Waals surface area contributed by atoms with E-state index in [1.54, 1.807) is 18.2 Å². The lowest BCUT2D eigenvalue weighted by atomic mass is 10.2. The number of rotatable bonds is 4. The van der Waals surface area contributed by atoms with Crippen LogP contribution in [-0.2, 0) is 10.0 Å². The topological polar surface area (TPSA) is 97.1 Å². The third kappa shape index (κ3) is 3.19. The molecule has 1 aromatic carbocycles. The summed E-state index contributed by atoms with van der Waals surface area (Å²) in [6.07, 6.45) is 1.40. The van der Waals surface area contributed by atoms with E-state index < -0.39 is 10.0 Å². The van der Waals surface area contributed by atoms with Crippen molar-refractivity contribution in [3.05, 3.63) is 45.7 Å². The van der Waals surface area contributed by atoms with Gasteiger partial charge in [-0.05, 0) is 59.3 Å². The maximum absolute atomic E-state index is 12.4. The lowest BCUT2D eigenvalue weighted by Gasteiger charge is -2.12. The first-order valence-electron chi connectivity index (χ1n) is 5.64. The summed E-state index contributed by atoms with van der Waals surface area (Å²) in [6, 6.07) is 8.65. The first-order chi connectivity index (χ1) is 9.44. The van der Waals surface area contributed by atoms with E-state index in [0.717, 1.165) is 9.13 Å². The highest BCUT2D eigenvalue weighted by Crippen LogP contribution is 2.24. The molecule has 1 heterocycles. The van der Waals surface area contributed by atoms with Gasteiger partial charge in [-0.1, -0.05) is 6.07 Å². The second-order valence-corrected chi connectivity index (χ2v) is 6.91. The van der Waals surface area contributed by atoms with Gasteiger partial charge in [0, 0.05) is 9.77 Å². The zero-order chi connectivity index (χ0) is 14.8. The Balaban J connectivity index is 2.43. The number of nitrogen functional groups attached to an aromatic ring is 1. The molecule has 0 aliphatic rings. The number of nitrogens with two attached hydrogens (primary N) is 1. The quantitative estimate of drug-likeness (QED) is 0.412. The van der Waals surface area contributed by atoms with Crippen LogP contribution >= 0.6 is 22.6 Å². The zero-order valence-electron chi connectivity index (χ0n) is 10.6. The fourth-order valence-electron chi connectivity index (χ4n) is 1.61. The molecule has 0 unspecified atom stereocenters. The number of hydrazine groups is 1.